The largest absolute Gasteiger partial charge is 0.367 e. The smallest absolute Gasteiger partial charge is 0.225 e. The number of hydrogen-bond donors (Lipinski definition) is 0. The fourth-order valence-corrected chi connectivity index (χ4v) is 2.73. The van der Waals surface area contributed by atoms with E-state index in [9.17, 15) is 0 Å². The lowest BCUT2D eigenvalue weighted by Gasteiger charge is -2.48. The van der Waals surface area contributed by atoms with Crippen molar-refractivity contribution in [1.82, 2.24) is 19.5 Å². The van der Waals surface area contributed by atoms with Crippen LogP contribution in [0.4, 0.5) is 5.95 Å². The Morgan fingerprint density at radius 1 is 1.20 bits per heavy atom. The third-order valence-electron chi connectivity index (χ3n) is 3.77. The van der Waals surface area contributed by atoms with Crippen molar-refractivity contribution < 1.29 is 4.74 Å². The topological polar surface area (TPSA) is 56.1 Å². The van der Waals surface area contributed by atoms with Crippen molar-refractivity contribution in [2.24, 2.45) is 7.05 Å². The minimum Gasteiger partial charge on any atom is -0.367 e. The highest BCUT2D eigenvalue weighted by Crippen LogP contribution is 2.36. The molecule has 0 N–H and O–H groups in total. The normalized spacial score (nSPS) is 17.1. The van der Waals surface area contributed by atoms with Crippen molar-refractivity contribution in [3.05, 3.63) is 35.7 Å². The Morgan fingerprint density at radius 2 is 1.85 bits per heavy atom. The fraction of sp³-hybridized carbons (Fsp3) is 0.500. The van der Waals surface area contributed by atoms with E-state index in [1.54, 1.807) is 13.3 Å². The summed E-state index contributed by atoms with van der Waals surface area (Å²) in [4.78, 5) is 15.5. The van der Waals surface area contributed by atoms with Gasteiger partial charge in [-0.2, -0.15) is 0 Å². The van der Waals surface area contributed by atoms with Crippen LogP contribution in [-0.2, 0) is 17.4 Å². The second-order valence-corrected chi connectivity index (χ2v) is 5.37. The summed E-state index contributed by atoms with van der Waals surface area (Å²) in [5, 5.41) is 0. The maximum absolute atomic E-state index is 5.73. The molecule has 0 saturated carbocycles. The van der Waals surface area contributed by atoms with Gasteiger partial charge in [0.2, 0.25) is 5.95 Å². The molecule has 106 valence electrons. The lowest BCUT2D eigenvalue weighted by molar-refractivity contribution is -0.0480. The van der Waals surface area contributed by atoms with E-state index in [1.807, 2.05) is 37.7 Å². The average Bonchev–Trinajstić information content (AvgIpc) is 2.75. The van der Waals surface area contributed by atoms with Gasteiger partial charge in [0.25, 0.3) is 0 Å². The third kappa shape index (κ3) is 1.96. The van der Waals surface area contributed by atoms with Gasteiger partial charge in [-0.05, 0) is 19.9 Å². The second kappa shape index (κ2) is 4.56. The minimum absolute atomic E-state index is 0.362. The molecule has 2 aromatic rings. The number of rotatable bonds is 3. The molecule has 6 heteroatoms. The van der Waals surface area contributed by atoms with Crippen LogP contribution in [0.1, 0.15) is 17.2 Å². The summed E-state index contributed by atoms with van der Waals surface area (Å²) in [6, 6.07) is 1.98. The van der Waals surface area contributed by atoms with Crippen molar-refractivity contribution in [3.63, 3.8) is 0 Å². The SMILES string of the molecule is COC1(c2nccn2C)CN(c2nc(C)cc(C)n2)C1. The van der Waals surface area contributed by atoms with Crippen LogP contribution < -0.4 is 4.90 Å². The van der Waals surface area contributed by atoms with Gasteiger partial charge in [0.1, 0.15) is 5.82 Å². The van der Waals surface area contributed by atoms with Crippen LogP contribution in [0.25, 0.3) is 0 Å². The zero-order valence-electron chi connectivity index (χ0n) is 12.3. The molecule has 3 heterocycles. The number of ether oxygens (including phenoxy) is 1. The van der Waals surface area contributed by atoms with Gasteiger partial charge in [0.05, 0.1) is 13.1 Å². The number of aryl methyl sites for hydroxylation is 3. The second-order valence-electron chi connectivity index (χ2n) is 5.37. The molecule has 3 rings (SSSR count). The monoisotopic (exact) mass is 273 g/mol. The quantitative estimate of drug-likeness (QED) is 0.840. The highest BCUT2D eigenvalue weighted by molar-refractivity contribution is 5.40. The summed E-state index contributed by atoms with van der Waals surface area (Å²) in [6.45, 7) is 5.41. The summed E-state index contributed by atoms with van der Waals surface area (Å²) in [5.74, 6) is 1.71. The number of aromatic nitrogens is 4. The molecule has 1 aliphatic rings. The lowest BCUT2D eigenvalue weighted by atomic mass is 9.93. The first-order valence-corrected chi connectivity index (χ1v) is 6.64. The predicted octanol–water partition coefficient (Wildman–Crippen LogP) is 1.19. The Hall–Kier alpha value is -1.95. The van der Waals surface area contributed by atoms with E-state index in [0.717, 1.165) is 36.3 Å². The summed E-state index contributed by atoms with van der Waals surface area (Å²) in [5.41, 5.74) is 1.61. The summed E-state index contributed by atoms with van der Waals surface area (Å²) >= 11 is 0. The van der Waals surface area contributed by atoms with Crippen LogP contribution in [0.15, 0.2) is 18.5 Å². The Morgan fingerprint density at radius 3 is 2.35 bits per heavy atom. The fourth-order valence-electron chi connectivity index (χ4n) is 2.73. The molecular weight excluding hydrogens is 254 g/mol. The zero-order valence-corrected chi connectivity index (χ0v) is 12.3. The molecule has 0 radical (unpaired) electrons. The highest BCUT2D eigenvalue weighted by atomic mass is 16.5. The van der Waals surface area contributed by atoms with Gasteiger partial charge in [0, 0.05) is 37.9 Å². The van der Waals surface area contributed by atoms with Crippen LogP contribution in [0, 0.1) is 13.8 Å². The molecule has 2 aromatic heterocycles. The number of methoxy groups -OCH3 is 1. The maximum atomic E-state index is 5.73. The van der Waals surface area contributed by atoms with E-state index in [4.69, 9.17) is 4.74 Å². The number of anilines is 1. The molecule has 0 aliphatic carbocycles. The molecule has 6 nitrogen and oxygen atoms in total. The van der Waals surface area contributed by atoms with Crippen LogP contribution in [0.3, 0.4) is 0 Å². The first-order chi connectivity index (χ1) is 9.54. The Balaban J connectivity index is 1.84. The Bertz CT molecular complexity index is 610. The van der Waals surface area contributed by atoms with Gasteiger partial charge in [-0.1, -0.05) is 0 Å². The highest BCUT2D eigenvalue weighted by Gasteiger charge is 2.48. The molecule has 0 amide bonds. The standard InChI is InChI=1S/C14H19N5O/c1-10-7-11(2)17-13(16-10)19-8-14(9-19,20-4)12-15-5-6-18(12)3/h5-7H,8-9H2,1-4H3. The maximum Gasteiger partial charge on any atom is 0.225 e. The first-order valence-electron chi connectivity index (χ1n) is 6.64. The number of nitrogens with zero attached hydrogens (tertiary/aromatic N) is 5. The van der Waals surface area contributed by atoms with Gasteiger partial charge < -0.3 is 14.2 Å². The van der Waals surface area contributed by atoms with E-state index < -0.39 is 0 Å². The summed E-state index contributed by atoms with van der Waals surface area (Å²) in [6.07, 6.45) is 3.73. The minimum atomic E-state index is -0.362. The molecule has 0 bridgehead atoms. The molecule has 0 aromatic carbocycles. The Kier molecular flexibility index (Phi) is 2.97. The van der Waals surface area contributed by atoms with E-state index in [2.05, 4.69) is 19.9 Å². The molecule has 0 atom stereocenters. The van der Waals surface area contributed by atoms with Gasteiger partial charge in [-0.25, -0.2) is 15.0 Å². The van der Waals surface area contributed by atoms with Crippen LogP contribution in [0.2, 0.25) is 0 Å². The van der Waals surface area contributed by atoms with Crippen molar-refractivity contribution in [2.75, 3.05) is 25.1 Å². The van der Waals surface area contributed by atoms with Crippen molar-refractivity contribution in [3.8, 4) is 0 Å². The van der Waals surface area contributed by atoms with E-state index in [-0.39, 0.29) is 5.60 Å². The first kappa shape index (κ1) is 13.1. The van der Waals surface area contributed by atoms with Gasteiger partial charge >= 0.3 is 0 Å². The predicted molar refractivity (Wildman–Crippen MR) is 75.6 cm³/mol. The molecule has 1 saturated heterocycles. The third-order valence-corrected chi connectivity index (χ3v) is 3.77. The Labute approximate surface area is 118 Å². The molecule has 0 unspecified atom stereocenters. The number of imidazole rings is 1. The van der Waals surface area contributed by atoms with E-state index in [0.29, 0.717) is 0 Å². The van der Waals surface area contributed by atoms with Gasteiger partial charge in [-0.3, -0.25) is 0 Å². The van der Waals surface area contributed by atoms with E-state index >= 15 is 0 Å². The molecule has 0 spiro atoms. The van der Waals surface area contributed by atoms with Crippen molar-refractivity contribution >= 4 is 5.95 Å². The van der Waals surface area contributed by atoms with Gasteiger partial charge in [0.15, 0.2) is 5.60 Å². The molecule has 1 aliphatic heterocycles. The van der Waals surface area contributed by atoms with Crippen LogP contribution >= 0.6 is 0 Å². The zero-order chi connectivity index (χ0) is 14.3. The van der Waals surface area contributed by atoms with Crippen molar-refractivity contribution in [1.29, 1.82) is 0 Å². The van der Waals surface area contributed by atoms with Crippen molar-refractivity contribution in [2.45, 2.75) is 19.4 Å². The molecule has 20 heavy (non-hydrogen) atoms. The van der Waals surface area contributed by atoms with Gasteiger partial charge in [-0.15, -0.1) is 0 Å². The summed E-state index contributed by atoms with van der Waals surface area (Å²) in [7, 11) is 3.72. The molecule has 1 fully saturated rings. The number of hydrogen-bond acceptors (Lipinski definition) is 5. The lowest BCUT2D eigenvalue weighted by Crippen LogP contribution is -2.62. The van der Waals surface area contributed by atoms with Crippen LogP contribution in [-0.4, -0.2) is 39.7 Å². The molecular formula is C14H19N5O. The average molecular weight is 273 g/mol. The van der Waals surface area contributed by atoms with Crippen LogP contribution in [0.5, 0.6) is 0 Å². The van der Waals surface area contributed by atoms with E-state index in [1.165, 1.54) is 0 Å². The summed E-state index contributed by atoms with van der Waals surface area (Å²) < 4.78 is 7.73.